The van der Waals surface area contributed by atoms with Crippen LogP contribution in [-0.2, 0) is 19.1 Å². The van der Waals surface area contributed by atoms with Crippen LogP contribution in [0.3, 0.4) is 0 Å². The predicted octanol–water partition coefficient (Wildman–Crippen LogP) is 1.44. The van der Waals surface area contributed by atoms with Gasteiger partial charge in [-0.1, -0.05) is 13.3 Å². The fraction of sp³-hybridized carbons (Fsp3) is 0.545. The third-order valence-corrected chi connectivity index (χ3v) is 4.79. The number of hydrogen-bond donors (Lipinski definition) is 1. The van der Waals surface area contributed by atoms with E-state index in [1.54, 1.807) is 31.2 Å². The van der Waals surface area contributed by atoms with Crippen molar-refractivity contribution in [2.24, 2.45) is 0 Å². The molecule has 3 amide bonds. The minimum atomic E-state index is -0.712. The van der Waals surface area contributed by atoms with Gasteiger partial charge in [-0.25, -0.2) is 4.79 Å². The van der Waals surface area contributed by atoms with Crippen molar-refractivity contribution in [2.75, 3.05) is 52.5 Å². The number of unbranched alkanes of at least 4 members (excludes halogenated alkanes) is 1. The van der Waals surface area contributed by atoms with Crippen LogP contribution in [0.15, 0.2) is 24.3 Å². The van der Waals surface area contributed by atoms with Gasteiger partial charge in [0.05, 0.1) is 13.2 Å². The summed E-state index contributed by atoms with van der Waals surface area (Å²) in [5.74, 6) is -0.817. The molecule has 10 nitrogen and oxygen atoms in total. The van der Waals surface area contributed by atoms with Gasteiger partial charge in [0.25, 0.3) is 11.8 Å². The van der Waals surface area contributed by atoms with Gasteiger partial charge in [-0.05, 0) is 37.6 Å². The van der Waals surface area contributed by atoms with Gasteiger partial charge in [-0.3, -0.25) is 14.4 Å². The maximum Gasteiger partial charge on any atom is 0.409 e. The van der Waals surface area contributed by atoms with E-state index in [9.17, 15) is 19.2 Å². The summed E-state index contributed by atoms with van der Waals surface area (Å²) in [5, 5.41) is 2.47. The number of hydrogen-bond acceptors (Lipinski definition) is 7. The molecule has 0 saturated carbocycles. The van der Waals surface area contributed by atoms with Gasteiger partial charge in [-0.15, -0.1) is 0 Å². The maximum absolute atomic E-state index is 12.2. The standard InChI is InChI=1S/C22H31N3O7/c1-3-5-14-31-18-8-6-17(7-9-18)21(28)23-15-20(27)32-16-19(26)24-10-12-25(13-11-24)22(29)30-4-2/h6-9H,3-5,10-16H2,1-2H3,(H,23,28). The minimum Gasteiger partial charge on any atom is -0.494 e. The van der Waals surface area contributed by atoms with Gasteiger partial charge in [0.1, 0.15) is 12.3 Å². The molecule has 1 fully saturated rings. The molecular weight excluding hydrogens is 418 g/mol. The maximum atomic E-state index is 12.2. The van der Waals surface area contributed by atoms with Crippen LogP contribution in [0.25, 0.3) is 0 Å². The molecule has 2 rings (SSSR count). The summed E-state index contributed by atoms with van der Waals surface area (Å²) in [5.41, 5.74) is 0.385. The van der Waals surface area contributed by atoms with Crippen molar-refractivity contribution < 1.29 is 33.4 Å². The van der Waals surface area contributed by atoms with E-state index < -0.39 is 24.6 Å². The van der Waals surface area contributed by atoms with Gasteiger partial charge in [-0.2, -0.15) is 0 Å². The Kier molecular flexibility index (Phi) is 10.3. The molecule has 1 aliphatic rings. The molecular formula is C22H31N3O7. The Bertz CT molecular complexity index is 774. The fourth-order valence-electron chi connectivity index (χ4n) is 2.93. The third-order valence-electron chi connectivity index (χ3n) is 4.79. The highest BCUT2D eigenvalue weighted by atomic mass is 16.6. The van der Waals surface area contributed by atoms with Crippen LogP contribution in [0, 0.1) is 0 Å². The van der Waals surface area contributed by atoms with Gasteiger partial charge in [0, 0.05) is 31.7 Å². The van der Waals surface area contributed by atoms with Crippen LogP contribution in [-0.4, -0.2) is 86.2 Å². The number of carbonyl (C=O) groups excluding carboxylic acids is 4. The quantitative estimate of drug-likeness (QED) is 0.425. The van der Waals surface area contributed by atoms with Crippen molar-refractivity contribution in [3.8, 4) is 5.75 Å². The van der Waals surface area contributed by atoms with Crippen LogP contribution in [0.1, 0.15) is 37.0 Å². The molecule has 1 heterocycles. The lowest BCUT2D eigenvalue weighted by atomic mass is 10.2. The molecule has 0 atom stereocenters. The van der Waals surface area contributed by atoms with E-state index in [1.165, 1.54) is 9.80 Å². The predicted molar refractivity (Wildman–Crippen MR) is 115 cm³/mol. The van der Waals surface area contributed by atoms with Gasteiger partial charge >= 0.3 is 12.1 Å². The molecule has 0 bridgehead atoms. The number of amides is 3. The highest BCUT2D eigenvalue weighted by molar-refractivity contribution is 5.96. The zero-order valence-corrected chi connectivity index (χ0v) is 18.6. The van der Waals surface area contributed by atoms with Crippen LogP contribution >= 0.6 is 0 Å². The lowest BCUT2D eigenvalue weighted by molar-refractivity contribution is -0.151. The van der Waals surface area contributed by atoms with Gasteiger partial charge in [0.15, 0.2) is 6.61 Å². The highest BCUT2D eigenvalue weighted by Crippen LogP contribution is 2.12. The molecule has 0 radical (unpaired) electrons. The molecule has 0 spiro atoms. The molecule has 0 aliphatic carbocycles. The fourth-order valence-corrected chi connectivity index (χ4v) is 2.93. The van der Waals surface area contributed by atoms with E-state index in [2.05, 4.69) is 12.2 Å². The summed E-state index contributed by atoms with van der Waals surface area (Å²) in [6.45, 7) is 5.34. The normalized spacial score (nSPS) is 13.3. The molecule has 0 unspecified atom stereocenters. The van der Waals surface area contributed by atoms with Gasteiger partial charge < -0.3 is 29.3 Å². The highest BCUT2D eigenvalue weighted by Gasteiger charge is 2.25. The average molecular weight is 450 g/mol. The van der Waals surface area contributed by atoms with Gasteiger partial charge in [0.2, 0.25) is 0 Å². The molecule has 1 aliphatic heterocycles. The number of rotatable bonds is 10. The SMILES string of the molecule is CCCCOc1ccc(C(=O)NCC(=O)OCC(=O)N2CCN(C(=O)OCC)CC2)cc1. The second-order valence-corrected chi connectivity index (χ2v) is 7.14. The number of nitrogens with zero attached hydrogens (tertiary/aromatic N) is 2. The summed E-state index contributed by atoms with van der Waals surface area (Å²) in [7, 11) is 0. The van der Waals surface area contributed by atoms with E-state index >= 15 is 0 Å². The number of ether oxygens (including phenoxy) is 3. The Balaban J connectivity index is 1.66. The molecule has 176 valence electrons. The Morgan fingerprint density at radius 1 is 0.938 bits per heavy atom. The van der Waals surface area contributed by atoms with E-state index in [0.717, 1.165) is 12.8 Å². The molecule has 1 aromatic rings. The number of benzene rings is 1. The molecule has 1 saturated heterocycles. The Hall–Kier alpha value is -3.30. The Labute approximate surface area is 187 Å². The molecule has 0 aromatic heterocycles. The zero-order valence-electron chi connectivity index (χ0n) is 18.6. The smallest absolute Gasteiger partial charge is 0.409 e. The van der Waals surface area contributed by atoms with E-state index in [1.807, 2.05) is 0 Å². The van der Waals surface area contributed by atoms with E-state index in [4.69, 9.17) is 14.2 Å². The Morgan fingerprint density at radius 3 is 2.22 bits per heavy atom. The van der Waals surface area contributed by atoms with Crippen molar-refractivity contribution in [1.82, 2.24) is 15.1 Å². The summed E-state index contributed by atoms with van der Waals surface area (Å²) < 4.78 is 15.4. The first-order chi connectivity index (χ1) is 15.4. The van der Waals surface area contributed by atoms with Crippen LogP contribution < -0.4 is 10.1 Å². The third kappa shape index (κ3) is 8.09. The topological polar surface area (TPSA) is 114 Å². The number of piperazine rings is 1. The second-order valence-electron chi connectivity index (χ2n) is 7.14. The van der Waals surface area contributed by atoms with Crippen LogP contribution in [0.5, 0.6) is 5.75 Å². The second kappa shape index (κ2) is 13.2. The summed E-state index contributed by atoms with van der Waals surface area (Å²) in [6, 6.07) is 6.62. The molecule has 32 heavy (non-hydrogen) atoms. The van der Waals surface area contributed by atoms with Crippen molar-refractivity contribution in [1.29, 1.82) is 0 Å². The van der Waals surface area contributed by atoms with Crippen molar-refractivity contribution in [3.05, 3.63) is 29.8 Å². The Morgan fingerprint density at radius 2 is 1.59 bits per heavy atom. The molecule has 1 aromatic carbocycles. The number of carbonyl (C=O) groups is 4. The minimum absolute atomic E-state index is 0.295. The molecule has 10 heteroatoms. The first-order valence-corrected chi connectivity index (χ1v) is 10.8. The lowest BCUT2D eigenvalue weighted by Gasteiger charge is -2.33. The van der Waals surface area contributed by atoms with Crippen molar-refractivity contribution in [3.63, 3.8) is 0 Å². The zero-order chi connectivity index (χ0) is 23.3. The molecule has 1 N–H and O–H groups in total. The first kappa shape index (κ1) is 25.0. The van der Waals surface area contributed by atoms with Crippen LogP contribution in [0.2, 0.25) is 0 Å². The summed E-state index contributed by atoms with van der Waals surface area (Å²) >= 11 is 0. The van der Waals surface area contributed by atoms with E-state index in [0.29, 0.717) is 50.7 Å². The summed E-state index contributed by atoms with van der Waals surface area (Å²) in [4.78, 5) is 51.0. The lowest BCUT2D eigenvalue weighted by Crippen LogP contribution is -2.51. The van der Waals surface area contributed by atoms with Crippen molar-refractivity contribution >= 4 is 23.9 Å². The monoisotopic (exact) mass is 449 g/mol. The van der Waals surface area contributed by atoms with Crippen LogP contribution in [0.4, 0.5) is 4.79 Å². The van der Waals surface area contributed by atoms with E-state index in [-0.39, 0.29) is 12.5 Å². The summed E-state index contributed by atoms with van der Waals surface area (Å²) in [6.07, 6.45) is 1.59. The first-order valence-electron chi connectivity index (χ1n) is 10.8. The largest absolute Gasteiger partial charge is 0.494 e. The number of nitrogens with one attached hydrogen (secondary N) is 1. The average Bonchev–Trinajstić information content (AvgIpc) is 2.81. The van der Waals surface area contributed by atoms with Crippen molar-refractivity contribution in [2.45, 2.75) is 26.7 Å². The number of esters is 1.